The largest absolute Gasteiger partial charge is 0.396 e. The lowest BCUT2D eigenvalue weighted by Gasteiger charge is -2.09. The normalized spacial score (nSPS) is 13.0. The number of carbonyl (C=O) groups excluding carboxylic acids is 1. The van der Waals surface area contributed by atoms with Gasteiger partial charge in [0.05, 0.1) is 5.75 Å². The van der Waals surface area contributed by atoms with Crippen molar-refractivity contribution in [1.29, 1.82) is 0 Å². The van der Waals surface area contributed by atoms with Crippen LogP contribution < -0.4 is 5.32 Å². The summed E-state index contributed by atoms with van der Waals surface area (Å²) in [6.07, 6.45) is 0. The summed E-state index contributed by atoms with van der Waals surface area (Å²) in [4.78, 5) is 11.1. The summed E-state index contributed by atoms with van der Waals surface area (Å²) in [5.41, 5.74) is 0. The van der Waals surface area contributed by atoms with Gasteiger partial charge in [0.25, 0.3) is 0 Å². The second-order valence-corrected chi connectivity index (χ2v) is 4.56. The number of rotatable bonds is 6. The van der Waals surface area contributed by atoms with E-state index in [9.17, 15) is 4.79 Å². The highest BCUT2D eigenvalue weighted by molar-refractivity contribution is 7.99. The third-order valence-electron chi connectivity index (χ3n) is 1.40. The lowest BCUT2D eigenvalue weighted by Crippen LogP contribution is -2.31. The first-order chi connectivity index (χ1) is 6.06. The first kappa shape index (κ1) is 12.8. The number of hydrogen-bond donors (Lipinski definition) is 2. The van der Waals surface area contributed by atoms with Gasteiger partial charge in [-0.25, -0.2) is 0 Å². The van der Waals surface area contributed by atoms with Gasteiger partial charge >= 0.3 is 0 Å². The van der Waals surface area contributed by atoms with Crippen LogP contribution in [0.2, 0.25) is 0 Å². The zero-order valence-corrected chi connectivity index (χ0v) is 9.36. The molecule has 0 spiro atoms. The predicted molar refractivity (Wildman–Crippen MR) is 56.9 cm³/mol. The molecule has 1 unspecified atom stereocenters. The fourth-order valence-electron chi connectivity index (χ4n) is 0.769. The summed E-state index contributed by atoms with van der Waals surface area (Å²) >= 11 is 1.56. The summed E-state index contributed by atoms with van der Waals surface area (Å²) in [5, 5.41) is 11.5. The molecule has 2 N–H and O–H groups in total. The molecule has 0 aliphatic rings. The maximum Gasteiger partial charge on any atom is 0.230 e. The lowest BCUT2D eigenvalue weighted by molar-refractivity contribution is -0.119. The van der Waals surface area contributed by atoms with Gasteiger partial charge in [0, 0.05) is 12.6 Å². The Morgan fingerprint density at radius 1 is 1.46 bits per heavy atom. The highest BCUT2D eigenvalue weighted by atomic mass is 32.2. The Morgan fingerprint density at radius 3 is 2.54 bits per heavy atom. The molecular weight excluding hydrogens is 186 g/mol. The molecule has 78 valence electrons. The van der Waals surface area contributed by atoms with E-state index in [4.69, 9.17) is 5.11 Å². The summed E-state index contributed by atoms with van der Waals surface area (Å²) < 4.78 is 0. The van der Waals surface area contributed by atoms with Crippen molar-refractivity contribution in [2.24, 2.45) is 5.92 Å². The Labute approximate surface area is 84.3 Å². The first-order valence-electron chi connectivity index (χ1n) is 4.54. The van der Waals surface area contributed by atoms with Crippen LogP contribution in [0.1, 0.15) is 20.8 Å². The fourth-order valence-corrected chi connectivity index (χ4v) is 1.66. The molecule has 13 heavy (non-hydrogen) atoms. The van der Waals surface area contributed by atoms with Crippen LogP contribution in [0.5, 0.6) is 0 Å². The number of nitrogens with one attached hydrogen (secondary N) is 1. The van der Waals surface area contributed by atoms with Crippen LogP contribution in [0, 0.1) is 5.92 Å². The van der Waals surface area contributed by atoms with E-state index < -0.39 is 0 Å². The number of carbonyl (C=O) groups is 1. The highest BCUT2D eigenvalue weighted by Crippen LogP contribution is 2.06. The smallest absolute Gasteiger partial charge is 0.230 e. The van der Waals surface area contributed by atoms with Gasteiger partial charge in [-0.15, -0.1) is 0 Å². The van der Waals surface area contributed by atoms with E-state index in [2.05, 4.69) is 5.32 Å². The Bertz CT molecular complexity index is 151. The van der Waals surface area contributed by atoms with Crippen LogP contribution in [-0.2, 0) is 4.79 Å². The standard InChI is InChI=1S/C9H19NO2S/c1-7(2)10-9(12)6-13-5-8(3)4-11/h7-8,11H,4-6H2,1-3H3,(H,10,12). The Kier molecular flexibility index (Phi) is 7.09. The molecule has 0 bridgehead atoms. The molecule has 0 rings (SSSR count). The van der Waals surface area contributed by atoms with Crippen molar-refractivity contribution in [3.8, 4) is 0 Å². The van der Waals surface area contributed by atoms with Crippen molar-refractivity contribution in [2.75, 3.05) is 18.1 Å². The number of aliphatic hydroxyl groups excluding tert-OH is 1. The van der Waals surface area contributed by atoms with Crippen molar-refractivity contribution >= 4 is 17.7 Å². The number of thioether (sulfide) groups is 1. The predicted octanol–water partition coefficient (Wildman–Crippen LogP) is 0.873. The van der Waals surface area contributed by atoms with Gasteiger partial charge in [-0.1, -0.05) is 6.92 Å². The van der Waals surface area contributed by atoms with Gasteiger partial charge < -0.3 is 10.4 Å². The Balaban J connectivity index is 3.37. The average molecular weight is 205 g/mol. The summed E-state index contributed by atoms with van der Waals surface area (Å²) in [5.74, 6) is 1.67. The second kappa shape index (κ2) is 7.21. The fraction of sp³-hybridized carbons (Fsp3) is 0.889. The zero-order chi connectivity index (χ0) is 10.3. The molecule has 3 nitrogen and oxygen atoms in total. The minimum Gasteiger partial charge on any atom is -0.396 e. The van der Waals surface area contributed by atoms with Crippen molar-refractivity contribution in [3.05, 3.63) is 0 Å². The van der Waals surface area contributed by atoms with E-state index in [0.717, 1.165) is 5.75 Å². The Morgan fingerprint density at radius 2 is 2.08 bits per heavy atom. The minimum absolute atomic E-state index is 0.0742. The molecule has 0 heterocycles. The molecule has 0 saturated carbocycles. The molecule has 0 fully saturated rings. The van der Waals surface area contributed by atoms with Gasteiger partial charge in [0.2, 0.25) is 5.91 Å². The van der Waals surface area contributed by atoms with Gasteiger partial charge in [-0.3, -0.25) is 4.79 Å². The maximum atomic E-state index is 11.1. The van der Waals surface area contributed by atoms with Gasteiger partial charge in [0.15, 0.2) is 0 Å². The van der Waals surface area contributed by atoms with Gasteiger partial charge in [-0.2, -0.15) is 11.8 Å². The molecule has 0 aromatic heterocycles. The summed E-state index contributed by atoms with van der Waals surface area (Å²) in [6, 6.07) is 0.211. The van der Waals surface area contributed by atoms with E-state index in [-0.39, 0.29) is 24.5 Å². The molecule has 0 saturated heterocycles. The van der Waals surface area contributed by atoms with E-state index in [1.165, 1.54) is 0 Å². The molecule has 0 aromatic carbocycles. The van der Waals surface area contributed by atoms with E-state index in [1.807, 2.05) is 20.8 Å². The van der Waals surface area contributed by atoms with Gasteiger partial charge in [-0.05, 0) is 25.5 Å². The van der Waals surface area contributed by atoms with Crippen molar-refractivity contribution in [3.63, 3.8) is 0 Å². The van der Waals surface area contributed by atoms with E-state index >= 15 is 0 Å². The van der Waals surface area contributed by atoms with Gasteiger partial charge in [0.1, 0.15) is 0 Å². The minimum atomic E-state index is 0.0742. The molecule has 0 aliphatic heterocycles. The van der Waals surface area contributed by atoms with Crippen molar-refractivity contribution in [1.82, 2.24) is 5.32 Å². The van der Waals surface area contributed by atoms with Crippen molar-refractivity contribution < 1.29 is 9.90 Å². The van der Waals surface area contributed by atoms with Crippen LogP contribution in [-0.4, -0.2) is 35.2 Å². The second-order valence-electron chi connectivity index (χ2n) is 3.53. The number of aliphatic hydroxyl groups is 1. The maximum absolute atomic E-state index is 11.1. The first-order valence-corrected chi connectivity index (χ1v) is 5.69. The van der Waals surface area contributed by atoms with Crippen LogP contribution in [0.25, 0.3) is 0 Å². The van der Waals surface area contributed by atoms with Crippen LogP contribution in [0.15, 0.2) is 0 Å². The molecular formula is C9H19NO2S. The van der Waals surface area contributed by atoms with E-state index in [1.54, 1.807) is 11.8 Å². The molecule has 1 atom stereocenters. The van der Waals surface area contributed by atoms with Crippen LogP contribution >= 0.6 is 11.8 Å². The molecule has 0 radical (unpaired) electrons. The SMILES string of the molecule is CC(CO)CSCC(=O)NC(C)C. The Hall–Kier alpha value is -0.220. The molecule has 0 aliphatic carbocycles. The quantitative estimate of drug-likeness (QED) is 0.676. The molecule has 1 amide bonds. The topological polar surface area (TPSA) is 49.3 Å². The molecule has 4 heteroatoms. The monoisotopic (exact) mass is 205 g/mol. The number of amides is 1. The third-order valence-corrected chi connectivity index (χ3v) is 2.67. The zero-order valence-electron chi connectivity index (χ0n) is 8.54. The van der Waals surface area contributed by atoms with Crippen LogP contribution in [0.3, 0.4) is 0 Å². The summed E-state index contributed by atoms with van der Waals surface area (Å²) in [7, 11) is 0. The van der Waals surface area contributed by atoms with Crippen LogP contribution in [0.4, 0.5) is 0 Å². The summed E-state index contributed by atoms with van der Waals surface area (Å²) in [6.45, 7) is 6.05. The number of hydrogen-bond acceptors (Lipinski definition) is 3. The third kappa shape index (κ3) is 8.12. The van der Waals surface area contributed by atoms with Crippen molar-refractivity contribution in [2.45, 2.75) is 26.8 Å². The average Bonchev–Trinajstić information content (AvgIpc) is 2.02. The van der Waals surface area contributed by atoms with E-state index in [0.29, 0.717) is 5.75 Å². The molecule has 0 aromatic rings. The lowest BCUT2D eigenvalue weighted by atomic mass is 10.2. The highest BCUT2D eigenvalue weighted by Gasteiger charge is 2.05.